The molecule has 5 heteroatoms. The number of amides is 1. The Morgan fingerprint density at radius 3 is 3.00 bits per heavy atom. The van der Waals surface area contributed by atoms with Gasteiger partial charge in [-0.1, -0.05) is 0 Å². The van der Waals surface area contributed by atoms with E-state index < -0.39 is 0 Å². The second-order valence-electron chi connectivity index (χ2n) is 3.81. The lowest BCUT2D eigenvalue weighted by molar-refractivity contribution is -0.119. The number of nitrogen functional groups attached to an aromatic ring is 1. The van der Waals surface area contributed by atoms with Gasteiger partial charge in [0.25, 0.3) is 0 Å². The van der Waals surface area contributed by atoms with E-state index >= 15 is 0 Å². The summed E-state index contributed by atoms with van der Waals surface area (Å²) >= 11 is 0. The second-order valence-corrected chi connectivity index (χ2v) is 3.81. The van der Waals surface area contributed by atoms with Crippen LogP contribution in [-0.2, 0) is 4.79 Å². The minimum Gasteiger partial charge on any atom is -0.495 e. The maximum absolute atomic E-state index is 11.0. The summed E-state index contributed by atoms with van der Waals surface area (Å²) in [4.78, 5) is 11.0. The number of methoxy groups -OCH3 is 1. The minimum atomic E-state index is 0.0833. The number of rotatable bonds is 3. The van der Waals surface area contributed by atoms with Gasteiger partial charge in [0.15, 0.2) is 0 Å². The third kappa shape index (κ3) is 2.18. The van der Waals surface area contributed by atoms with E-state index in [2.05, 4.69) is 10.6 Å². The van der Waals surface area contributed by atoms with Crippen LogP contribution in [0.15, 0.2) is 18.2 Å². The lowest BCUT2D eigenvalue weighted by atomic mass is 10.2. The van der Waals surface area contributed by atoms with Crippen molar-refractivity contribution < 1.29 is 9.53 Å². The van der Waals surface area contributed by atoms with Crippen LogP contribution in [0, 0.1) is 0 Å². The fourth-order valence-corrected chi connectivity index (χ4v) is 1.74. The normalized spacial score (nSPS) is 19.3. The first-order chi connectivity index (χ1) is 7.69. The first-order valence-electron chi connectivity index (χ1n) is 5.16. The number of benzene rings is 1. The van der Waals surface area contributed by atoms with Gasteiger partial charge in [-0.3, -0.25) is 4.79 Å². The molecule has 1 aliphatic heterocycles. The van der Waals surface area contributed by atoms with Crippen LogP contribution >= 0.6 is 0 Å². The van der Waals surface area contributed by atoms with Gasteiger partial charge < -0.3 is 21.1 Å². The first-order valence-corrected chi connectivity index (χ1v) is 5.16. The summed E-state index contributed by atoms with van der Waals surface area (Å²) in [6, 6.07) is 5.63. The van der Waals surface area contributed by atoms with Crippen molar-refractivity contribution in [2.75, 3.05) is 24.7 Å². The van der Waals surface area contributed by atoms with Gasteiger partial charge >= 0.3 is 0 Å². The van der Waals surface area contributed by atoms with Crippen LogP contribution in [0.4, 0.5) is 11.4 Å². The van der Waals surface area contributed by atoms with Gasteiger partial charge in [-0.15, -0.1) is 0 Å². The maximum Gasteiger partial charge on any atom is 0.222 e. The van der Waals surface area contributed by atoms with Crippen molar-refractivity contribution in [1.29, 1.82) is 0 Å². The van der Waals surface area contributed by atoms with Crippen molar-refractivity contribution >= 4 is 17.3 Å². The Balaban J connectivity index is 2.07. The molecular weight excluding hydrogens is 206 g/mol. The van der Waals surface area contributed by atoms with Crippen molar-refractivity contribution in [2.24, 2.45) is 0 Å². The maximum atomic E-state index is 11.0. The summed E-state index contributed by atoms with van der Waals surface area (Å²) in [5, 5.41) is 6.03. The van der Waals surface area contributed by atoms with E-state index in [1.165, 1.54) is 0 Å². The zero-order valence-corrected chi connectivity index (χ0v) is 9.12. The molecule has 1 unspecified atom stereocenters. The standard InChI is InChI=1S/C11H15N3O2/c1-16-10-4-7(2-3-9(10)12)14-8-5-11(15)13-6-8/h2-4,8,14H,5-6,12H2,1H3,(H,13,15). The highest BCUT2D eigenvalue weighted by molar-refractivity contribution is 5.79. The number of nitrogens with two attached hydrogens (primary N) is 1. The second kappa shape index (κ2) is 4.30. The predicted octanol–water partition coefficient (Wildman–Crippen LogP) is 0.578. The summed E-state index contributed by atoms with van der Waals surface area (Å²) in [5.74, 6) is 0.724. The van der Waals surface area contributed by atoms with Gasteiger partial charge in [0, 0.05) is 24.7 Å². The summed E-state index contributed by atoms with van der Waals surface area (Å²) in [6.07, 6.45) is 0.507. The van der Waals surface area contributed by atoms with E-state index in [1.807, 2.05) is 12.1 Å². The van der Waals surface area contributed by atoms with E-state index in [9.17, 15) is 4.79 Å². The fourth-order valence-electron chi connectivity index (χ4n) is 1.74. The molecule has 1 saturated heterocycles. The summed E-state index contributed by atoms with van der Waals surface area (Å²) in [5.41, 5.74) is 7.23. The molecule has 1 aromatic rings. The van der Waals surface area contributed by atoms with Crippen LogP contribution in [0.2, 0.25) is 0 Å². The van der Waals surface area contributed by atoms with Crippen LogP contribution < -0.4 is 21.1 Å². The topological polar surface area (TPSA) is 76.4 Å². The van der Waals surface area contributed by atoms with Gasteiger partial charge in [0.2, 0.25) is 5.91 Å². The van der Waals surface area contributed by atoms with Crippen LogP contribution in [0.25, 0.3) is 0 Å². The van der Waals surface area contributed by atoms with Crippen molar-refractivity contribution in [1.82, 2.24) is 5.32 Å². The van der Waals surface area contributed by atoms with E-state index in [0.717, 1.165) is 5.69 Å². The molecule has 5 nitrogen and oxygen atoms in total. The quantitative estimate of drug-likeness (QED) is 0.652. The number of hydrogen-bond acceptors (Lipinski definition) is 4. The lowest BCUT2D eigenvalue weighted by Crippen LogP contribution is -2.22. The van der Waals surface area contributed by atoms with E-state index in [-0.39, 0.29) is 11.9 Å². The molecule has 1 fully saturated rings. The molecular formula is C11H15N3O2. The molecule has 1 aliphatic rings. The third-order valence-electron chi connectivity index (χ3n) is 2.58. The number of carbonyl (C=O) groups excluding carboxylic acids is 1. The molecule has 0 aromatic heterocycles. The summed E-state index contributed by atoms with van der Waals surface area (Å²) < 4.78 is 5.12. The predicted molar refractivity (Wildman–Crippen MR) is 62.4 cm³/mol. The molecule has 1 amide bonds. The lowest BCUT2D eigenvalue weighted by Gasteiger charge is -2.13. The molecule has 16 heavy (non-hydrogen) atoms. The van der Waals surface area contributed by atoms with E-state index in [4.69, 9.17) is 10.5 Å². The Morgan fingerprint density at radius 2 is 2.38 bits per heavy atom. The molecule has 1 aromatic carbocycles. The zero-order chi connectivity index (χ0) is 11.5. The molecule has 0 spiro atoms. The van der Waals surface area contributed by atoms with Crippen molar-refractivity contribution in [2.45, 2.75) is 12.5 Å². The van der Waals surface area contributed by atoms with Gasteiger partial charge in [-0.25, -0.2) is 0 Å². The average Bonchev–Trinajstić information content (AvgIpc) is 2.67. The first kappa shape index (κ1) is 10.6. The van der Waals surface area contributed by atoms with Gasteiger partial charge in [0.1, 0.15) is 5.75 Å². The number of hydrogen-bond donors (Lipinski definition) is 3. The van der Waals surface area contributed by atoms with Crippen LogP contribution in [0.1, 0.15) is 6.42 Å². The Labute approximate surface area is 94.0 Å². The molecule has 0 aliphatic carbocycles. The number of nitrogens with one attached hydrogen (secondary N) is 2. The van der Waals surface area contributed by atoms with Gasteiger partial charge in [-0.2, -0.15) is 0 Å². The number of carbonyl (C=O) groups is 1. The van der Waals surface area contributed by atoms with E-state index in [0.29, 0.717) is 24.4 Å². The molecule has 1 heterocycles. The molecule has 0 bridgehead atoms. The van der Waals surface area contributed by atoms with Gasteiger partial charge in [0.05, 0.1) is 18.8 Å². The summed E-state index contributed by atoms with van der Waals surface area (Å²) in [7, 11) is 1.58. The van der Waals surface area contributed by atoms with Gasteiger partial charge in [-0.05, 0) is 12.1 Å². The summed E-state index contributed by atoms with van der Waals surface area (Å²) in [6.45, 7) is 0.658. The zero-order valence-electron chi connectivity index (χ0n) is 9.12. The molecule has 0 radical (unpaired) electrons. The Morgan fingerprint density at radius 1 is 1.56 bits per heavy atom. The number of ether oxygens (including phenoxy) is 1. The Hall–Kier alpha value is -1.91. The molecule has 2 rings (SSSR count). The third-order valence-corrected chi connectivity index (χ3v) is 2.58. The highest BCUT2D eigenvalue weighted by Gasteiger charge is 2.21. The van der Waals surface area contributed by atoms with E-state index in [1.54, 1.807) is 13.2 Å². The molecule has 86 valence electrons. The monoisotopic (exact) mass is 221 g/mol. The minimum absolute atomic E-state index is 0.0833. The fraction of sp³-hybridized carbons (Fsp3) is 0.364. The van der Waals surface area contributed by atoms with Crippen molar-refractivity contribution in [3.8, 4) is 5.75 Å². The average molecular weight is 221 g/mol. The Bertz CT molecular complexity index is 406. The largest absolute Gasteiger partial charge is 0.495 e. The van der Waals surface area contributed by atoms with Crippen molar-refractivity contribution in [3.05, 3.63) is 18.2 Å². The Kier molecular flexibility index (Phi) is 2.85. The number of anilines is 2. The molecule has 4 N–H and O–H groups in total. The van der Waals surface area contributed by atoms with Crippen LogP contribution in [-0.4, -0.2) is 25.6 Å². The highest BCUT2D eigenvalue weighted by Crippen LogP contribution is 2.25. The highest BCUT2D eigenvalue weighted by atomic mass is 16.5. The van der Waals surface area contributed by atoms with Crippen LogP contribution in [0.3, 0.4) is 0 Å². The molecule has 1 atom stereocenters. The SMILES string of the molecule is COc1cc(NC2CNC(=O)C2)ccc1N. The smallest absolute Gasteiger partial charge is 0.222 e. The van der Waals surface area contributed by atoms with Crippen molar-refractivity contribution in [3.63, 3.8) is 0 Å². The molecule has 0 saturated carbocycles. The van der Waals surface area contributed by atoms with Crippen LogP contribution in [0.5, 0.6) is 5.75 Å².